The molecule has 26 heavy (non-hydrogen) atoms. The number of morpholine rings is 1. The summed E-state index contributed by atoms with van der Waals surface area (Å²) in [6.45, 7) is 3.35. The first-order valence-corrected chi connectivity index (χ1v) is 8.57. The van der Waals surface area contributed by atoms with Crippen LogP contribution in [0.4, 0.5) is 21.7 Å². The Bertz CT molecular complexity index is 879. The molecule has 0 unspecified atom stereocenters. The Morgan fingerprint density at radius 1 is 1.00 bits per heavy atom. The maximum atomic E-state index is 13.4. The third-order valence-electron chi connectivity index (χ3n) is 4.28. The molecule has 1 aromatic heterocycles. The van der Waals surface area contributed by atoms with Gasteiger partial charge in [0.2, 0.25) is 5.95 Å². The maximum absolute atomic E-state index is 13.4. The summed E-state index contributed by atoms with van der Waals surface area (Å²) in [4.78, 5) is 11.0. The second-order valence-electron chi connectivity index (χ2n) is 6.05. The Kier molecular flexibility index (Phi) is 4.75. The molecule has 1 N–H and O–H groups in total. The van der Waals surface area contributed by atoms with Crippen molar-refractivity contribution in [2.45, 2.75) is 0 Å². The number of anilines is 3. The van der Waals surface area contributed by atoms with Crippen molar-refractivity contribution in [3.63, 3.8) is 0 Å². The molecule has 6 heteroatoms. The Balaban J connectivity index is 1.49. The van der Waals surface area contributed by atoms with Gasteiger partial charge in [0.05, 0.1) is 18.9 Å². The molecule has 0 spiro atoms. The number of nitrogens with one attached hydrogen (secondary N) is 1. The van der Waals surface area contributed by atoms with Gasteiger partial charge in [-0.2, -0.15) is 0 Å². The molecule has 4 rings (SSSR count). The topological polar surface area (TPSA) is 50.3 Å². The van der Waals surface area contributed by atoms with Crippen molar-refractivity contribution in [2.75, 3.05) is 36.5 Å². The summed E-state index contributed by atoms with van der Waals surface area (Å²) in [6.07, 6.45) is 1.66. The fourth-order valence-corrected chi connectivity index (χ4v) is 2.93. The summed E-state index contributed by atoms with van der Waals surface area (Å²) >= 11 is 0. The molecule has 3 aromatic rings. The number of aromatic nitrogens is 2. The second kappa shape index (κ2) is 7.49. The predicted octanol–water partition coefficient (Wildman–Crippen LogP) is 3.86. The summed E-state index contributed by atoms with van der Waals surface area (Å²) in [5.41, 5.74) is 3.47. The number of benzene rings is 2. The third kappa shape index (κ3) is 3.81. The first kappa shape index (κ1) is 16.5. The smallest absolute Gasteiger partial charge is 0.227 e. The summed E-state index contributed by atoms with van der Waals surface area (Å²) < 4.78 is 18.8. The predicted molar refractivity (Wildman–Crippen MR) is 100 cm³/mol. The molecule has 1 saturated heterocycles. The zero-order valence-electron chi connectivity index (χ0n) is 14.2. The second-order valence-corrected chi connectivity index (χ2v) is 6.05. The molecule has 0 amide bonds. The van der Waals surface area contributed by atoms with Gasteiger partial charge >= 0.3 is 0 Å². The van der Waals surface area contributed by atoms with E-state index in [2.05, 4.69) is 32.3 Å². The van der Waals surface area contributed by atoms with E-state index in [1.165, 1.54) is 17.8 Å². The average molecular weight is 350 g/mol. The van der Waals surface area contributed by atoms with Crippen LogP contribution in [0.5, 0.6) is 0 Å². The number of rotatable bonds is 4. The van der Waals surface area contributed by atoms with Gasteiger partial charge in [-0.15, -0.1) is 0 Å². The molecule has 132 valence electrons. The Labute approximate surface area is 151 Å². The van der Waals surface area contributed by atoms with Gasteiger partial charge in [0.15, 0.2) is 0 Å². The fourth-order valence-electron chi connectivity index (χ4n) is 2.93. The van der Waals surface area contributed by atoms with Gasteiger partial charge < -0.3 is 15.0 Å². The zero-order valence-corrected chi connectivity index (χ0v) is 14.2. The van der Waals surface area contributed by atoms with Crippen LogP contribution in [0.25, 0.3) is 11.3 Å². The van der Waals surface area contributed by atoms with Crippen molar-refractivity contribution >= 4 is 17.3 Å². The van der Waals surface area contributed by atoms with Crippen LogP contribution in [-0.2, 0) is 4.74 Å². The molecule has 2 aromatic carbocycles. The Morgan fingerprint density at radius 2 is 1.81 bits per heavy atom. The lowest BCUT2D eigenvalue weighted by Gasteiger charge is -2.28. The molecule has 0 radical (unpaired) electrons. The van der Waals surface area contributed by atoms with Gasteiger partial charge in [-0.3, -0.25) is 0 Å². The average Bonchev–Trinajstić information content (AvgIpc) is 2.69. The van der Waals surface area contributed by atoms with Crippen LogP contribution < -0.4 is 10.2 Å². The van der Waals surface area contributed by atoms with Crippen molar-refractivity contribution in [3.8, 4) is 11.3 Å². The van der Waals surface area contributed by atoms with Crippen LogP contribution in [0.1, 0.15) is 0 Å². The first-order valence-electron chi connectivity index (χ1n) is 8.57. The number of ether oxygens (including phenoxy) is 1. The summed E-state index contributed by atoms with van der Waals surface area (Å²) in [7, 11) is 0. The Morgan fingerprint density at radius 3 is 2.58 bits per heavy atom. The minimum absolute atomic E-state index is 0.283. The van der Waals surface area contributed by atoms with Crippen LogP contribution in [0, 0.1) is 5.82 Å². The lowest BCUT2D eigenvalue weighted by atomic mass is 10.1. The maximum Gasteiger partial charge on any atom is 0.227 e. The zero-order chi connectivity index (χ0) is 17.8. The van der Waals surface area contributed by atoms with Crippen molar-refractivity contribution in [3.05, 3.63) is 66.6 Å². The highest BCUT2D eigenvalue weighted by molar-refractivity contribution is 5.63. The minimum Gasteiger partial charge on any atom is -0.378 e. The lowest BCUT2D eigenvalue weighted by Crippen LogP contribution is -2.36. The molecule has 0 aliphatic carbocycles. The SMILES string of the molecule is Fc1cccc(-c2ccnc(Nc3ccc(N4CCOCC4)cc3)n2)c1. The molecule has 2 heterocycles. The summed E-state index contributed by atoms with van der Waals surface area (Å²) in [5, 5.41) is 3.20. The molecule has 1 aliphatic heterocycles. The highest BCUT2D eigenvalue weighted by Gasteiger charge is 2.11. The fraction of sp³-hybridized carbons (Fsp3) is 0.200. The van der Waals surface area contributed by atoms with Crippen LogP contribution in [0.15, 0.2) is 60.8 Å². The van der Waals surface area contributed by atoms with E-state index in [0.29, 0.717) is 11.6 Å². The number of nitrogens with zero attached hydrogens (tertiary/aromatic N) is 3. The van der Waals surface area contributed by atoms with Gasteiger partial charge in [0, 0.05) is 36.2 Å². The van der Waals surface area contributed by atoms with E-state index in [0.717, 1.165) is 37.6 Å². The molecule has 1 fully saturated rings. The molecule has 5 nitrogen and oxygen atoms in total. The number of hydrogen-bond donors (Lipinski definition) is 1. The van der Waals surface area contributed by atoms with Gasteiger partial charge in [-0.05, 0) is 42.5 Å². The molecular weight excluding hydrogens is 331 g/mol. The van der Waals surface area contributed by atoms with E-state index in [1.807, 2.05) is 18.2 Å². The highest BCUT2D eigenvalue weighted by atomic mass is 19.1. The van der Waals surface area contributed by atoms with E-state index >= 15 is 0 Å². The van der Waals surface area contributed by atoms with Crippen molar-refractivity contribution in [1.29, 1.82) is 0 Å². The minimum atomic E-state index is -0.283. The van der Waals surface area contributed by atoms with Crippen LogP contribution in [0.2, 0.25) is 0 Å². The van der Waals surface area contributed by atoms with Crippen molar-refractivity contribution in [2.24, 2.45) is 0 Å². The standard InChI is InChI=1S/C20H19FN4O/c21-16-3-1-2-15(14-16)19-8-9-22-20(24-19)23-17-4-6-18(7-5-17)25-10-12-26-13-11-25/h1-9,14H,10-13H2,(H,22,23,24). The molecule has 1 aliphatic rings. The largest absolute Gasteiger partial charge is 0.378 e. The molecule has 0 atom stereocenters. The van der Waals surface area contributed by atoms with Crippen LogP contribution >= 0.6 is 0 Å². The Hall–Kier alpha value is -2.99. The monoisotopic (exact) mass is 350 g/mol. The van der Waals surface area contributed by atoms with Gasteiger partial charge in [-0.25, -0.2) is 14.4 Å². The van der Waals surface area contributed by atoms with E-state index in [4.69, 9.17) is 4.74 Å². The first-order chi connectivity index (χ1) is 12.8. The van der Waals surface area contributed by atoms with Gasteiger partial charge in [-0.1, -0.05) is 12.1 Å². The van der Waals surface area contributed by atoms with Crippen LogP contribution in [-0.4, -0.2) is 36.3 Å². The van der Waals surface area contributed by atoms with Gasteiger partial charge in [0.1, 0.15) is 5.82 Å². The van der Waals surface area contributed by atoms with E-state index in [1.54, 1.807) is 18.3 Å². The normalized spacial score (nSPS) is 14.3. The number of halogens is 1. The lowest BCUT2D eigenvalue weighted by molar-refractivity contribution is 0.122. The number of hydrogen-bond acceptors (Lipinski definition) is 5. The van der Waals surface area contributed by atoms with Crippen molar-refractivity contribution in [1.82, 2.24) is 9.97 Å². The molecule has 0 bridgehead atoms. The quantitative estimate of drug-likeness (QED) is 0.774. The van der Waals surface area contributed by atoms with Gasteiger partial charge in [0.25, 0.3) is 0 Å². The third-order valence-corrected chi connectivity index (χ3v) is 4.28. The summed E-state index contributed by atoms with van der Waals surface area (Å²) in [6, 6.07) is 16.3. The summed E-state index contributed by atoms with van der Waals surface area (Å²) in [5.74, 6) is 0.195. The molecule has 0 saturated carbocycles. The van der Waals surface area contributed by atoms with E-state index < -0.39 is 0 Å². The van der Waals surface area contributed by atoms with E-state index in [9.17, 15) is 4.39 Å². The van der Waals surface area contributed by atoms with E-state index in [-0.39, 0.29) is 5.82 Å². The van der Waals surface area contributed by atoms with Crippen molar-refractivity contribution < 1.29 is 9.13 Å². The highest BCUT2D eigenvalue weighted by Crippen LogP contribution is 2.22. The molecular formula is C20H19FN4O. The van der Waals surface area contributed by atoms with Crippen LogP contribution in [0.3, 0.4) is 0 Å².